The van der Waals surface area contributed by atoms with Crippen LogP contribution in [-0.4, -0.2) is 11.1 Å². The van der Waals surface area contributed by atoms with Gasteiger partial charge in [-0.25, -0.2) is 4.79 Å². The Morgan fingerprint density at radius 1 is 1.58 bits per heavy atom. The van der Waals surface area contributed by atoms with Gasteiger partial charge in [0.2, 0.25) is 0 Å². The molecule has 1 aromatic rings. The van der Waals surface area contributed by atoms with E-state index in [1.54, 1.807) is 6.07 Å². The van der Waals surface area contributed by atoms with Gasteiger partial charge in [0.05, 0.1) is 16.3 Å². The summed E-state index contributed by atoms with van der Waals surface area (Å²) >= 11 is 8.75. The molecule has 0 aliphatic carbocycles. The van der Waals surface area contributed by atoms with Crippen LogP contribution in [0.4, 0.5) is 5.69 Å². The number of nitrogen functional groups attached to an aromatic ring is 1. The van der Waals surface area contributed by atoms with Crippen molar-refractivity contribution in [3.63, 3.8) is 0 Å². The molecule has 0 saturated heterocycles. The third-order valence-corrected chi connectivity index (χ3v) is 2.18. The first-order valence-corrected chi connectivity index (χ1v) is 4.17. The summed E-state index contributed by atoms with van der Waals surface area (Å²) in [7, 11) is 0. The molecule has 1 rings (SSSR count). The first kappa shape index (κ1) is 9.35. The summed E-state index contributed by atoms with van der Waals surface area (Å²) in [6, 6.07) is 2.95. The van der Waals surface area contributed by atoms with Crippen LogP contribution in [0.3, 0.4) is 0 Å². The number of carboxylic acid groups (broad SMARTS) is 1. The van der Waals surface area contributed by atoms with Crippen LogP contribution in [0.2, 0.25) is 5.02 Å². The van der Waals surface area contributed by atoms with Crippen molar-refractivity contribution in [1.29, 1.82) is 0 Å². The fourth-order valence-electron chi connectivity index (χ4n) is 0.766. The second kappa shape index (κ2) is 3.33. The average molecular weight is 250 g/mol. The number of nitrogens with two attached hydrogens (primary N) is 1. The Hall–Kier alpha value is -0.740. The Kier molecular flexibility index (Phi) is 2.59. The Labute approximate surface area is 82.3 Å². The van der Waals surface area contributed by atoms with E-state index in [9.17, 15) is 4.79 Å². The van der Waals surface area contributed by atoms with Crippen LogP contribution in [0.5, 0.6) is 0 Å². The molecule has 0 atom stereocenters. The van der Waals surface area contributed by atoms with E-state index >= 15 is 0 Å². The van der Waals surface area contributed by atoms with E-state index < -0.39 is 5.97 Å². The lowest BCUT2D eigenvalue weighted by Gasteiger charge is -2.02. The highest BCUT2D eigenvalue weighted by Gasteiger charge is 2.11. The van der Waals surface area contributed by atoms with Gasteiger partial charge in [0.25, 0.3) is 0 Å². The topological polar surface area (TPSA) is 63.3 Å². The summed E-state index contributed by atoms with van der Waals surface area (Å²) in [5.41, 5.74) is 5.69. The molecule has 0 saturated carbocycles. The van der Waals surface area contributed by atoms with Crippen LogP contribution >= 0.6 is 27.5 Å². The third kappa shape index (κ3) is 1.70. The molecule has 0 unspecified atom stereocenters. The fourth-order valence-corrected chi connectivity index (χ4v) is 1.43. The first-order valence-electron chi connectivity index (χ1n) is 3.00. The molecule has 5 heteroatoms. The number of halogens is 2. The van der Waals surface area contributed by atoms with Crippen molar-refractivity contribution >= 4 is 39.2 Å². The lowest BCUT2D eigenvalue weighted by atomic mass is 10.2. The van der Waals surface area contributed by atoms with Crippen molar-refractivity contribution < 1.29 is 9.90 Å². The van der Waals surface area contributed by atoms with Gasteiger partial charge in [-0.3, -0.25) is 0 Å². The zero-order valence-corrected chi connectivity index (χ0v) is 8.19. The molecule has 0 aliphatic heterocycles. The summed E-state index contributed by atoms with van der Waals surface area (Å²) in [6.07, 6.45) is 0. The maximum absolute atomic E-state index is 10.6. The van der Waals surface area contributed by atoms with Crippen molar-refractivity contribution in [2.24, 2.45) is 0 Å². The molecule has 0 aliphatic rings. The number of hydrogen-bond acceptors (Lipinski definition) is 2. The van der Waals surface area contributed by atoms with Crippen LogP contribution < -0.4 is 5.73 Å². The quantitative estimate of drug-likeness (QED) is 0.752. The molecular formula is C7H5BrClNO2. The molecule has 0 aromatic heterocycles. The lowest BCUT2D eigenvalue weighted by Crippen LogP contribution is -2.00. The molecule has 0 heterocycles. The van der Waals surface area contributed by atoms with Crippen LogP contribution in [0.1, 0.15) is 10.4 Å². The van der Waals surface area contributed by atoms with Gasteiger partial charge >= 0.3 is 5.97 Å². The second-order valence-corrected chi connectivity index (χ2v) is 3.46. The van der Waals surface area contributed by atoms with E-state index in [1.165, 1.54) is 6.07 Å². The van der Waals surface area contributed by atoms with Crippen molar-refractivity contribution in [3.8, 4) is 0 Å². The number of anilines is 1. The zero-order chi connectivity index (χ0) is 9.30. The summed E-state index contributed by atoms with van der Waals surface area (Å²) in [5, 5.41) is 8.73. The SMILES string of the molecule is Nc1cc(Br)cc(C(=O)O)c1Cl. The first-order chi connectivity index (χ1) is 5.52. The normalized spacial score (nSPS) is 9.83. The van der Waals surface area contributed by atoms with Gasteiger partial charge in [-0.15, -0.1) is 0 Å². The highest BCUT2D eigenvalue weighted by Crippen LogP contribution is 2.27. The molecule has 0 amide bonds. The maximum atomic E-state index is 10.6. The van der Waals surface area contributed by atoms with E-state index in [0.29, 0.717) is 4.47 Å². The Balaban J connectivity index is 3.37. The molecule has 0 fully saturated rings. The van der Waals surface area contributed by atoms with Gasteiger partial charge < -0.3 is 10.8 Å². The number of carbonyl (C=O) groups is 1. The van der Waals surface area contributed by atoms with E-state index in [0.717, 1.165) is 0 Å². The van der Waals surface area contributed by atoms with Gasteiger partial charge in [-0.05, 0) is 12.1 Å². The average Bonchev–Trinajstić information content (AvgIpc) is 1.96. The van der Waals surface area contributed by atoms with Gasteiger partial charge in [0, 0.05) is 4.47 Å². The van der Waals surface area contributed by atoms with E-state index in [2.05, 4.69) is 15.9 Å². The molecule has 0 spiro atoms. The van der Waals surface area contributed by atoms with E-state index in [4.69, 9.17) is 22.4 Å². The summed E-state index contributed by atoms with van der Waals surface area (Å²) < 4.78 is 0.599. The Bertz CT molecular complexity index is 340. The minimum atomic E-state index is -1.09. The smallest absolute Gasteiger partial charge is 0.337 e. The van der Waals surface area contributed by atoms with Crippen LogP contribution in [0, 0.1) is 0 Å². The summed E-state index contributed by atoms with van der Waals surface area (Å²) in [5.74, 6) is -1.09. The van der Waals surface area contributed by atoms with Crippen LogP contribution in [-0.2, 0) is 0 Å². The van der Waals surface area contributed by atoms with Crippen molar-refractivity contribution in [2.75, 3.05) is 5.73 Å². The van der Waals surface area contributed by atoms with Crippen molar-refractivity contribution in [1.82, 2.24) is 0 Å². The van der Waals surface area contributed by atoms with Crippen molar-refractivity contribution in [3.05, 3.63) is 27.2 Å². The molecule has 3 N–H and O–H groups in total. The minimum absolute atomic E-state index is 0.00328. The standard InChI is InChI=1S/C7H5BrClNO2/c8-3-1-4(7(11)12)6(9)5(10)2-3/h1-2H,10H2,(H,11,12). The van der Waals surface area contributed by atoms with Gasteiger partial charge in [0.1, 0.15) is 0 Å². The number of hydrogen-bond donors (Lipinski definition) is 2. The predicted molar refractivity (Wildman–Crippen MR) is 50.5 cm³/mol. The molecule has 1 aromatic carbocycles. The van der Waals surface area contributed by atoms with Gasteiger partial charge in [0.15, 0.2) is 0 Å². The summed E-state index contributed by atoms with van der Waals surface area (Å²) in [6.45, 7) is 0. The van der Waals surface area contributed by atoms with E-state index in [-0.39, 0.29) is 16.3 Å². The Morgan fingerprint density at radius 2 is 2.17 bits per heavy atom. The predicted octanol–water partition coefficient (Wildman–Crippen LogP) is 2.38. The minimum Gasteiger partial charge on any atom is -0.478 e. The third-order valence-electron chi connectivity index (χ3n) is 1.30. The molecule has 12 heavy (non-hydrogen) atoms. The zero-order valence-electron chi connectivity index (χ0n) is 5.84. The second-order valence-electron chi connectivity index (χ2n) is 2.16. The van der Waals surface area contributed by atoms with Crippen LogP contribution in [0.15, 0.2) is 16.6 Å². The number of rotatable bonds is 1. The molecule has 64 valence electrons. The fraction of sp³-hybridized carbons (Fsp3) is 0. The lowest BCUT2D eigenvalue weighted by molar-refractivity contribution is 0.0697. The van der Waals surface area contributed by atoms with Gasteiger partial charge in [-0.1, -0.05) is 27.5 Å². The monoisotopic (exact) mass is 249 g/mol. The highest BCUT2D eigenvalue weighted by atomic mass is 79.9. The largest absolute Gasteiger partial charge is 0.478 e. The molecule has 3 nitrogen and oxygen atoms in total. The van der Waals surface area contributed by atoms with E-state index in [1.807, 2.05) is 0 Å². The molecule has 0 radical (unpaired) electrons. The highest BCUT2D eigenvalue weighted by molar-refractivity contribution is 9.10. The number of benzene rings is 1. The summed E-state index contributed by atoms with van der Waals surface area (Å²) in [4.78, 5) is 10.6. The Morgan fingerprint density at radius 3 is 2.67 bits per heavy atom. The maximum Gasteiger partial charge on any atom is 0.337 e. The molecular weight excluding hydrogens is 245 g/mol. The number of aromatic carboxylic acids is 1. The van der Waals surface area contributed by atoms with Gasteiger partial charge in [-0.2, -0.15) is 0 Å². The molecule has 0 bridgehead atoms. The number of carboxylic acids is 1. The van der Waals surface area contributed by atoms with Crippen LogP contribution in [0.25, 0.3) is 0 Å². The van der Waals surface area contributed by atoms with Crippen molar-refractivity contribution in [2.45, 2.75) is 0 Å².